The first-order valence-electron chi connectivity index (χ1n) is 6.65. The molecule has 0 aromatic heterocycles. The van der Waals surface area contributed by atoms with Gasteiger partial charge in [0.1, 0.15) is 5.82 Å². The molecule has 0 aliphatic carbocycles. The fraction of sp³-hybridized carbons (Fsp3) is 0.467. The van der Waals surface area contributed by atoms with Crippen molar-refractivity contribution < 1.29 is 14.0 Å². The van der Waals surface area contributed by atoms with Crippen molar-refractivity contribution in [1.82, 2.24) is 4.90 Å². The molecule has 2 rings (SSSR count). The molecular weight excluding hydrogens is 245 g/mol. The van der Waals surface area contributed by atoms with E-state index in [2.05, 4.69) is 0 Å². The molecule has 0 spiro atoms. The van der Waals surface area contributed by atoms with Gasteiger partial charge in [-0.15, -0.1) is 0 Å². The minimum atomic E-state index is -0.315. The zero-order chi connectivity index (χ0) is 13.8. The summed E-state index contributed by atoms with van der Waals surface area (Å²) in [5, 5.41) is 0. The molecule has 3 nitrogen and oxygen atoms in total. The Hall–Kier alpha value is -1.71. The van der Waals surface area contributed by atoms with Crippen molar-refractivity contribution >= 4 is 11.7 Å². The van der Waals surface area contributed by atoms with Crippen LogP contribution in [0.3, 0.4) is 0 Å². The highest BCUT2D eigenvalue weighted by Crippen LogP contribution is 2.14. The molecule has 0 unspecified atom stereocenters. The number of hydrogen-bond donors (Lipinski definition) is 0. The molecule has 0 N–H and O–H groups in total. The molecule has 1 saturated heterocycles. The van der Waals surface area contributed by atoms with Crippen molar-refractivity contribution in [2.45, 2.75) is 32.6 Å². The molecule has 0 atom stereocenters. The highest BCUT2D eigenvalue weighted by molar-refractivity contribution is 5.98. The number of ketones is 1. The summed E-state index contributed by atoms with van der Waals surface area (Å²) in [6.45, 7) is 3.24. The monoisotopic (exact) mass is 263 g/mol. The van der Waals surface area contributed by atoms with E-state index in [0.29, 0.717) is 11.1 Å². The van der Waals surface area contributed by atoms with Gasteiger partial charge in [0.05, 0.1) is 0 Å². The van der Waals surface area contributed by atoms with Gasteiger partial charge in [-0.2, -0.15) is 0 Å². The first-order chi connectivity index (χ1) is 9.08. The van der Waals surface area contributed by atoms with Gasteiger partial charge in [-0.05, 0) is 43.5 Å². The van der Waals surface area contributed by atoms with Crippen LogP contribution in [0.25, 0.3) is 0 Å². The van der Waals surface area contributed by atoms with Crippen LogP contribution in [0.2, 0.25) is 0 Å². The zero-order valence-electron chi connectivity index (χ0n) is 11.1. The molecule has 1 amide bonds. The van der Waals surface area contributed by atoms with Crippen LogP contribution in [0.15, 0.2) is 18.2 Å². The molecular formula is C15H18FNO2. The van der Waals surface area contributed by atoms with Gasteiger partial charge >= 0.3 is 0 Å². The van der Waals surface area contributed by atoms with Gasteiger partial charge in [0.2, 0.25) is 5.91 Å². The van der Waals surface area contributed by atoms with Crippen molar-refractivity contribution in [1.29, 1.82) is 0 Å². The van der Waals surface area contributed by atoms with E-state index in [4.69, 9.17) is 0 Å². The third kappa shape index (κ3) is 3.40. The lowest BCUT2D eigenvalue weighted by Crippen LogP contribution is -2.27. The molecule has 4 heteroatoms. The van der Waals surface area contributed by atoms with E-state index in [1.165, 1.54) is 18.2 Å². The van der Waals surface area contributed by atoms with Crippen molar-refractivity contribution in [3.05, 3.63) is 35.1 Å². The lowest BCUT2D eigenvalue weighted by Gasteiger charge is -2.14. The Morgan fingerprint density at radius 3 is 2.53 bits per heavy atom. The number of Topliss-reactive ketones (excluding diaryl/α,β-unsaturated/α-hetero) is 1. The fourth-order valence-corrected chi connectivity index (χ4v) is 2.31. The standard InChI is InChI=1S/C15H18FNO2/c1-11-10-12(4-5-13(11)16)14(18)6-7-15(19)17-8-2-3-9-17/h4-5,10H,2-3,6-9H2,1H3. The molecule has 1 fully saturated rings. The van der Waals surface area contributed by atoms with Crippen LogP contribution in [0, 0.1) is 12.7 Å². The number of likely N-dealkylation sites (tertiary alicyclic amines) is 1. The van der Waals surface area contributed by atoms with Crippen molar-refractivity contribution in [3.8, 4) is 0 Å². The fourth-order valence-electron chi connectivity index (χ4n) is 2.31. The SMILES string of the molecule is Cc1cc(C(=O)CCC(=O)N2CCCC2)ccc1F. The third-order valence-corrected chi connectivity index (χ3v) is 3.50. The molecule has 1 aliphatic rings. The highest BCUT2D eigenvalue weighted by atomic mass is 19.1. The summed E-state index contributed by atoms with van der Waals surface area (Å²) in [7, 11) is 0. The predicted molar refractivity (Wildman–Crippen MR) is 70.5 cm³/mol. The zero-order valence-corrected chi connectivity index (χ0v) is 11.1. The summed E-state index contributed by atoms with van der Waals surface area (Å²) < 4.78 is 13.1. The van der Waals surface area contributed by atoms with E-state index in [9.17, 15) is 14.0 Å². The third-order valence-electron chi connectivity index (χ3n) is 3.50. The lowest BCUT2D eigenvalue weighted by atomic mass is 10.0. The molecule has 0 saturated carbocycles. The van der Waals surface area contributed by atoms with E-state index >= 15 is 0 Å². The number of carbonyl (C=O) groups excluding carboxylic acids is 2. The molecule has 0 bridgehead atoms. The van der Waals surface area contributed by atoms with Crippen molar-refractivity contribution in [2.24, 2.45) is 0 Å². The van der Waals surface area contributed by atoms with Gasteiger partial charge in [-0.1, -0.05) is 0 Å². The first-order valence-corrected chi connectivity index (χ1v) is 6.65. The number of aryl methyl sites for hydroxylation is 1. The lowest BCUT2D eigenvalue weighted by molar-refractivity contribution is -0.130. The molecule has 1 heterocycles. The number of hydrogen-bond acceptors (Lipinski definition) is 2. The van der Waals surface area contributed by atoms with Crippen LogP contribution < -0.4 is 0 Å². The van der Waals surface area contributed by atoms with E-state index in [-0.39, 0.29) is 30.3 Å². The van der Waals surface area contributed by atoms with E-state index in [0.717, 1.165) is 25.9 Å². The van der Waals surface area contributed by atoms with E-state index in [1.807, 2.05) is 4.90 Å². The second kappa shape index (κ2) is 5.95. The molecule has 0 radical (unpaired) electrons. The Morgan fingerprint density at radius 2 is 1.89 bits per heavy atom. The Balaban J connectivity index is 1.90. The van der Waals surface area contributed by atoms with Gasteiger partial charge in [0, 0.05) is 31.5 Å². The van der Waals surface area contributed by atoms with Gasteiger partial charge in [0.25, 0.3) is 0 Å². The van der Waals surface area contributed by atoms with Gasteiger partial charge in [-0.25, -0.2) is 4.39 Å². The van der Waals surface area contributed by atoms with Crippen LogP contribution in [-0.4, -0.2) is 29.7 Å². The Morgan fingerprint density at radius 1 is 1.21 bits per heavy atom. The van der Waals surface area contributed by atoms with Crippen molar-refractivity contribution in [2.75, 3.05) is 13.1 Å². The molecule has 1 aromatic rings. The summed E-state index contributed by atoms with van der Waals surface area (Å²) in [5.74, 6) is -0.370. The summed E-state index contributed by atoms with van der Waals surface area (Å²) in [4.78, 5) is 25.6. The van der Waals surface area contributed by atoms with Crippen LogP contribution in [-0.2, 0) is 4.79 Å². The van der Waals surface area contributed by atoms with Gasteiger partial charge in [0.15, 0.2) is 5.78 Å². The normalized spacial score (nSPS) is 14.7. The summed E-state index contributed by atoms with van der Waals surface area (Å²) in [6, 6.07) is 4.31. The number of nitrogens with zero attached hydrogens (tertiary/aromatic N) is 1. The average molecular weight is 263 g/mol. The number of amides is 1. The number of carbonyl (C=O) groups is 2. The second-order valence-electron chi connectivity index (χ2n) is 4.98. The largest absolute Gasteiger partial charge is 0.343 e. The predicted octanol–water partition coefficient (Wildman–Crippen LogP) is 2.72. The van der Waals surface area contributed by atoms with Crippen LogP contribution >= 0.6 is 0 Å². The maximum atomic E-state index is 13.1. The second-order valence-corrected chi connectivity index (χ2v) is 4.98. The minimum absolute atomic E-state index is 0.0460. The van der Waals surface area contributed by atoms with E-state index in [1.54, 1.807) is 6.92 Å². The topological polar surface area (TPSA) is 37.4 Å². The maximum Gasteiger partial charge on any atom is 0.223 e. The highest BCUT2D eigenvalue weighted by Gasteiger charge is 2.19. The van der Waals surface area contributed by atoms with E-state index < -0.39 is 0 Å². The first kappa shape index (κ1) is 13.7. The molecule has 1 aliphatic heterocycles. The van der Waals surface area contributed by atoms with Crippen molar-refractivity contribution in [3.63, 3.8) is 0 Å². The smallest absolute Gasteiger partial charge is 0.223 e. The van der Waals surface area contributed by atoms with Gasteiger partial charge < -0.3 is 4.90 Å². The minimum Gasteiger partial charge on any atom is -0.343 e. The molecule has 19 heavy (non-hydrogen) atoms. The maximum absolute atomic E-state index is 13.1. The number of halogens is 1. The Bertz CT molecular complexity index is 493. The summed E-state index contributed by atoms with van der Waals surface area (Å²) >= 11 is 0. The number of rotatable bonds is 4. The molecule has 1 aromatic carbocycles. The Labute approximate surface area is 112 Å². The number of benzene rings is 1. The summed E-state index contributed by atoms with van der Waals surface area (Å²) in [6.07, 6.45) is 2.54. The average Bonchev–Trinajstić information content (AvgIpc) is 2.92. The van der Waals surface area contributed by atoms with Crippen LogP contribution in [0.4, 0.5) is 4.39 Å². The molecule has 102 valence electrons. The van der Waals surface area contributed by atoms with Crippen LogP contribution in [0.1, 0.15) is 41.6 Å². The van der Waals surface area contributed by atoms with Crippen LogP contribution in [0.5, 0.6) is 0 Å². The van der Waals surface area contributed by atoms with Gasteiger partial charge in [-0.3, -0.25) is 9.59 Å². The quantitative estimate of drug-likeness (QED) is 0.783. The Kier molecular flexibility index (Phi) is 4.30. The summed E-state index contributed by atoms with van der Waals surface area (Å²) in [5.41, 5.74) is 0.935.